The van der Waals surface area contributed by atoms with E-state index in [2.05, 4.69) is 20.8 Å². The van der Waals surface area contributed by atoms with Crippen LogP contribution in [0.1, 0.15) is 92.4 Å². The summed E-state index contributed by atoms with van der Waals surface area (Å²) in [7, 11) is 1.44. The molecule has 11 atom stereocenters. The van der Waals surface area contributed by atoms with Gasteiger partial charge in [-0.2, -0.15) is 0 Å². The van der Waals surface area contributed by atoms with E-state index in [1.54, 1.807) is 0 Å². The first-order valence-corrected chi connectivity index (χ1v) is 14.0. The van der Waals surface area contributed by atoms with Crippen LogP contribution < -0.4 is 0 Å². The van der Waals surface area contributed by atoms with Crippen LogP contribution in [0, 0.1) is 46.3 Å². The normalized spacial score (nSPS) is 44.4. The Labute approximate surface area is 216 Å². The Balaban J connectivity index is 1.61. The molecule has 0 aromatic heterocycles. The van der Waals surface area contributed by atoms with Crippen LogP contribution in [0.3, 0.4) is 0 Å². The lowest BCUT2D eigenvalue weighted by Gasteiger charge is -2.64. The molecule has 0 heterocycles. The first-order chi connectivity index (χ1) is 16.9. The number of aliphatic hydroxyl groups excluding tert-OH is 1. The summed E-state index contributed by atoms with van der Waals surface area (Å²) in [6, 6.07) is 0. The van der Waals surface area contributed by atoms with Crippen molar-refractivity contribution in [3.8, 4) is 0 Å². The van der Waals surface area contributed by atoms with Crippen LogP contribution >= 0.6 is 0 Å². The van der Waals surface area contributed by atoms with Crippen LogP contribution in [0.15, 0.2) is 0 Å². The molecule has 204 valence electrons. The van der Waals surface area contributed by atoms with Crippen molar-refractivity contribution in [2.45, 2.75) is 111 Å². The highest BCUT2D eigenvalue weighted by Gasteiger charge is 2.66. The monoisotopic (exact) mass is 506 g/mol. The maximum absolute atomic E-state index is 12.2. The highest BCUT2D eigenvalue weighted by Crippen LogP contribution is 2.68. The Morgan fingerprint density at radius 3 is 2.19 bits per heavy atom. The maximum Gasteiger partial charge on any atom is 0.305 e. The molecule has 0 unspecified atom stereocenters. The maximum atomic E-state index is 12.2. The summed E-state index contributed by atoms with van der Waals surface area (Å²) in [5.74, 6) is 0.862. The minimum atomic E-state index is -0.721. The average Bonchev–Trinajstić information content (AvgIpc) is 3.17. The third-order valence-corrected chi connectivity index (χ3v) is 11.1. The first kappa shape index (κ1) is 27.4. The lowest BCUT2D eigenvalue weighted by molar-refractivity contribution is -0.235. The summed E-state index contributed by atoms with van der Waals surface area (Å²) in [5, 5.41) is 11.9. The van der Waals surface area contributed by atoms with Gasteiger partial charge < -0.3 is 19.3 Å². The van der Waals surface area contributed by atoms with Gasteiger partial charge in [-0.05, 0) is 91.8 Å². The van der Waals surface area contributed by atoms with E-state index in [0.29, 0.717) is 36.5 Å². The summed E-state index contributed by atoms with van der Waals surface area (Å²) in [4.78, 5) is 35.6. The fourth-order valence-electron chi connectivity index (χ4n) is 9.50. The fourth-order valence-corrected chi connectivity index (χ4v) is 9.50. The SMILES string of the molecule is COC(=O)CC[C@@H](C)[C@H]1CC[C@H]2[C@@H]3[C@@H](O)[C@@H](OC(C)=O)[C@@H]4C[C@H](OC(C)=O)CC[C@]4(C)[C@H]3CC[C@]12C. The smallest absolute Gasteiger partial charge is 0.305 e. The van der Waals surface area contributed by atoms with Crippen LogP contribution in [-0.4, -0.2) is 48.4 Å². The summed E-state index contributed by atoms with van der Waals surface area (Å²) in [6.07, 6.45) is 6.46. The van der Waals surface area contributed by atoms with Crippen molar-refractivity contribution >= 4 is 17.9 Å². The van der Waals surface area contributed by atoms with Gasteiger partial charge in [0.05, 0.1) is 13.2 Å². The molecule has 4 saturated carbocycles. The van der Waals surface area contributed by atoms with E-state index in [9.17, 15) is 19.5 Å². The van der Waals surface area contributed by atoms with E-state index in [1.165, 1.54) is 21.0 Å². The number of rotatable bonds is 6. The average molecular weight is 507 g/mol. The Hall–Kier alpha value is -1.63. The predicted octanol–water partition coefficient (Wildman–Crippen LogP) is 4.68. The van der Waals surface area contributed by atoms with Gasteiger partial charge in [-0.1, -0.05) is 20.8 Å². The zero-order valence-corrected chi connectivity index (χ0v) is 23.0. The van der Waals surface area contributed by atoms with Crippen molar-refractivity contribution in [1.29, 1.82) is 0 Å². The van der Waals surface area contributed by atoms with Gasteiger partial charge in [-0.3, -0.25) is 14.4 Å². The highest BCUT2D eigenvalue weighted by atomic mass is 16.6. The molecule has 0 saturated heterocycles. The number of fused-ring (bicyclic) bond motifs is 5. The molecule has 4 aliphatic rings. The van der Waals surface area contributed by atoms with E-state index in [1.807, 2.05) is 0 Å². The molecule has 0 bridgehead atoms. The Bertz CT molecular complexity index is 857. The molecule has 0 aromatic rings. The Morgan fingerprint density at radius 2 is 1.56 bits per heavy atom. The van der Waals surface area contributed by atoms with E-state index < -0.39 is 12.2 Å². The molecule has 1 N–H and O–H groups in total. The number of ether oxygens (including phenoxy) is 3. The van der Waals surface area contributed by atoms with Crippen molar-refractivity contribution in [2.24, 2.45) is 46.3 Å². The van der Waals surface area contributed by atoms with Crippen LogP contribution in [0.5, 0.6) is 0 Å². The highest BCUT2D eigenvalue weighted by molar-refractivity contribution is 5.69. The van der Waals surface area contributed by atoms with E-state index in [4.69, 9.17) is 14.2 Å². The van der Waals surface area contributed by atoms with Gasteiger partial charge in [-0.25, -0.2) is 0 Å². The van der Waals surface area contributed by atoms with Crippen molar-refractivity contribution in [3.63, 3.8) is 0 Å². The molecule has 7 heteroatoms. The van der Waals surface area contributed by atoms with Gasteiger partial charge in [0.2, 0.25) is 0 Å². The lowest BCUT2D eigenvalue weighted by Crippen LogP contribution is -2.65. The molecule has 0 aliphatic heterocycles. The number of aliphatic hydroxyl groups is 1. The number of methoxy groups -OCH3 is 1. The molecule has 0 spiro atoms. The number of esters is 3. The van der Waals surface area contributed by atoms with Gasteiger partial charge >= 0.3 is 17.9 Å². The molecule has 7 nitrogen and oxygen atoms in total. The summed E-state index contributed by atoms with van der Waals surface area (Å²) < 4.78 is 16.4. The number of hydrogen-bond donors (Lipinski definition) is 1. The zero-order chi connectivity index (χ0) is 26.4. The van der Waals surface area contributed by atoms with Crippen LogP contribution in [0.4, 0.5) is 0 Å². The fraction of sp³-hybridized carbons (Fsp3) is 0.897. The van der Waals surface area contributed by atoms with Crippen LogP contribution in [0.25, 0.3) is 0 Å². The minimum Gasteiger partial charge on any atom is -0.469 e. The van der Waals surface area contributed by atoms with Crippen molar-refractivity contribution in [2.75, 3.05) is 7.11 Å². The molecule has 0 aromatic carbocycles. The second-order valence-electron chi connectivity index (χ2n) is 12.8. The van der Waals surface area contributed by atoms with E-state index >= 15 is 0 Å². The van der Waals surface area contributed by atoms with Gasteiger partial charge in [0.15, 0.2) is 0 Å². The number of hydrogen-bond acceptors (Lipinski definition) is 7. The van der Waals surface area contributed by atoms with E-state index in [0.717, 1.165) is 44.9 Å². The molecule has 4 fully saturated rings. The molecule has 0 radical (unpaired) electrons. The first-order valence-electron chi connectivity index (χ1n) is 14.0. The number of carbonyl (C=O) groups excluding carboxylic acids is 3. The molecular weight excluding hydrogens is 460 g/mol. The van der Waals surface area contributed by atoms with Crippen molar-refractivity contribution < 1.29 is 33.7 Å². The molecule has 0 amide bonds. The van der Waals surface area contributed by atoms with E-state index in [-0.39, 0.29) is 46.7 Å². The van der Waals surface area contributed by atoms with Gasteiger partial charge in [0.25, 0.3) is 0 Å². The zero-order valence-electron chi connectivity index (χ0n) is 23.0. The van der Waals surface area contributed by atoms with Gasteiger partial charge in [0.1, 0.15) is 12.2 Å². The summed E-state index contributed by atoms with van der Waals surface area (Å²) in [6.45, 7) is 9.85. The van der Waals surface area contributed by atoms with Crippen molar-refractivity contribution in [1.82, 2.24) is 0 Å². The summed E-state index contributed by atoms with van der Waals surface area (Å²) in [5.41, 5.74) is 0.0210. The standard InChI is InChI=1S/C29H46O7/c1-16(7-10-24(32)34-6)20-8-9-21-25-22(12-14-28(20,21)4)29(5)13-11-19(35-17(2)30)15-23(29)27(26(25)33)36-18(3)31/h16,19-23,25-27,33H,7-15H2,1-6H3/t16-,19-,20-,21+,22+,23+,25+,26-,27+,28-,29-/m1/s1. The summed E-state index contributed by atoms with van der Waals surface area (Å²) >= 11 is 0. The minimum absolute atomic E-state index is 0.0312. The third-order valence-electron chi connectivity index (χ3n) is 11.1. The number of carbonyl (C=O) groups is 3. The van der Waals surface area contributed by atoms with Crippen molar-refractivity contribution in [3.05, 3.63) is 0 Å². The Morgan fingerprint density at radius 1 is 0.917 bits per heavy atom. The van der Waals surface area contributed by atoms with Crippen LogP contribution in [0.2, 0.25) is 0 Å². The largest absolute Gasteiger partial charge is 0.469 e. The topological polar surface area (TPSA) is 99.1 Å². The van der Waals surface area contributed by atoms with Crippen LogP contribution in [-0.2, 0) is 28.6 Å². The lowest BCUT2D eigenvalue weighted by atomic mass is 9.43. The Kier molecular flexibility index (Phi) is 7.81. The molecule has 36 heavy (non-hydrogen) atoms. The van der Waals surface area contributed by atoms with Gasteiger partial charge in [0, 0.05) is 26.2 Å². The quantitative estimate of drug-likeness (QED) is 0.412. The van der Waals surface area contributed by atoms with Gasteiger partial charge in [-0.15, -0.1) is 0 Å². The molecule has 4 aliphatic carbocycles. The molecular formula is C29H46O7. The second-order valence-corrected chi connectivity index (χ2v) is 12.8. The predicted molar refractivity (Wildman–Crippen MR) is 134 cm³/mol. The third kappa shape index (κ3) is 4.69. The second kappa shape index (κ2) is 10.3. The molecule has 4 rings (SSSR count).